The molecular formula is C19H25N3O2. The highest BCUT2D eigenvalue weighted by atomic mass is 16.5. The van der Waals surface area contributed by atoms with Crippen LogP contribution in [0.4, 0.5) is 5.69 Å². The topological polar surface area (TPSA) is 63.2 Å². The molecule has 0 aliphatic heterocycles. The summed E-state index contributed by atoms with van der Waals surface area (Å²) < 4.78 is 5.15. The molecule has 1 aromatic carbocycles. The van der Waals surface area contributed by atoms with Crippen LogP contribution in [0.2, 0.25) is 0 Å². The average Bonchev–Trinajstić information content (AvgIpc) is 2.60. The molecule has 24 heavy (non-hydrogen) atoms. The number of aromatic nitrogens is 1. The van der Waals surface area contributed by atoms with Crippen LogP contribution in [0.15, 0.2) is 48.8 Å². The lowest BCUT2D eigenvalue weighted by molar-refractivity contribution is -0.125. The molecule has 0 radical (unpaired) electrons. The van der Waals surface area contributed by atoms with Crippen LogP contribution in [0.1, 0.15) is 38.8 Å². The predicted octanol–water partition coefficient (Wildman–Crippen LogP) is 3.55. The Hall–Kier alpha value is -2.56. The second-order valence-corrected chi connectivity index (χ2v) is 6.19. The van der Waals surface area contributed by atoms with E-state index in [0.29, 0.717) is 0 Å². The minimum absolute atomic E-state index is 0.0301. The average molecular weight is 327 g/mol. The Bertz CT molecular complexity index is 654. The number of hydrogen-bond acceptors (Lipinski definition) is 4. The van der Waals surface area contributed by atoms with E-state index >= 15 is 0 Å². The van der Waals surface area contributed by atoms with Gasteiger partial charge < -0.3 is 15.4 Å². The van der Waals surface area contributed by atoms with E-state index in [-0.39, 0.29) is 11.9 Å². The summed E-state index contributed by atoms with van der Waals surface area (Å²) in [6.45, 7) is 5.78. The lowest BCUT2D eigenvalue weighted by Gasteiger charge is -2.29. The van der Waals surface area contributed by atoms with Crippen molar-refractivity contribution in [2.24, 2.45) is 0 Å². The van der Waals surface area contributed by atoms with Gasteiger partial charge in [-0.15, -0.1) is 0 Å². The van der Waals surface area contributed by atoms with Gasteiger partial charge in [0, 0.05) is 18.1 Å². The fourth-order valence-electron chi connectivity index (χ4n) is 2.45. The van der Waals surface area contributed by atoms with Crippen LogP contribution < -0.4 is 15.4 Å². The number of hydrogen-bond donors (Lipinski definition) is 2. The van der Waals surface area contributed by atoms with Gasteiger partial charge in [0.25, 0.3) is 0 Å². The van der Waals surface area contributed by atoms with Gasteiger partial charge in [-0.1, -0.05) is 6.92 Å². The van der Waals surface area contributed by atoms with E-state index in [0.717, 1.165) is 23.4 Å². The minimum Gasteiger partial charge on any atom is -0.497 e. The highest BCUT2D eigenvalue weighted by molar-refractivity contribution is 5.88. The van der Waals surface area contributed by atoms with E-state index in [4.69, 9.17) is 4.74 Å². The fraction of sp³-hybridized carbons (Fsp3) is 0.368. The third kappa shape index (κ3) is 4.47. The Labute approximate surface area is 143 Å². The maximum absolute atomic E-state index is 12.7. The number of ether oxygens (including phenoxy) is 1. The van der Waals surface area contributed by atoms with E-state index in [1.807, 2.05) is 50.2 Å². The second-order valence-electron chi connectivity index (χ2n) is 6.19. The molecule has 0 fully saturated rings. The Kier molecular flexibility index (Phi) is 5.79. The minimum atomic E-state index is -0.741. The molecule has 1 amide bonds. The van der Waals surface area contributed by atoms with Gasteiger partial charge in [-0.3, -0.25) is 9.78 Å². The number of carbonyl (C=O) groups is 1. The summed E-state index contributed by atoms with van der Waals surface area (Å²) in [6, 6.07) is 11.3. The second kappa shape index (κ2) is 7.81. The molecule has 0 aliphatic carbocycles. The van der Waals surface area contributed by atoms with Gasteiger partial charge in [0.05, 0.1) is 13.2 Å². The first kappa shape index (κ1) is 17.8. The van der Waals surface area contributed by atoms with Crippen molar-refractivity contribution >= 4 is 11.6 Å². The SMILES string of the molecule is CC[C@H](NC(=O)C(C)(C)Nc1ccc(OC)cc1)c1ccncc1. The third-order valence-electron chi connectivity index (χ3n) is 3.94. The van der Waals surface area contributed by atoms with Crippen molar-refractivity contribution in [1.82, 2.24) is 10.3 Å². The zero-order chi connectivity index (χ0) is 17.6. The summed E-state index contributed by atoms with van der Waals surface area (Å²) in [5.74, 6) is 0.730. The van der Waals surface area contributed by atoms with Crippen LogP contribution in [-0.2, 0) is 4.79 Å². The van der Waals surface area contributed by atoms with Crippen molar-refractivity contribution in [3.8, 4) is 5.75 Å². The Morgan fingerprint density at radius 2 is 1.79 bits per heavy atom. The molecule has 128 valence electrons. The van der Waals surface area contributed by atoms with Gasteiger partial charge in [-0.2, -0.15) is 0 Å². The van der Waals surface area contributed by atoms with Gasteiger partial charge in [0.2, 0.25) is 5.91 Å². The number of nitrogens with zero attached hydrogens (tertiary/aromatic N) is 1. The molecule has 0 saturated carbocycles. The Morgan fingerprint density at radius 3 is 2.33 bits per heavy atom. The van der Waals surface area contributed by atoms with Crippen LogP contribution in [0, 0.1) is 0 Å². The van der Waals surface area contributed by atoms with Crippen molar-refractivity contribution < 1.29 is 9.53 Å². The zero-order valence-corrected chi connectivity index (χ0v) is 14.7. The van der Waals surface area contributed by atoms with Crippen molar-refractivity contribution in [2.75, 3.05) is 12.4 Å². The number of anilines is 1. The Morgan fingerprint density at radius 1 is 1.17 bits per heavy atom. The molecule has 1 aromatic heterocycles. The number of benzene rings is 1. The van der Waals surface area contributed by atoms with E-state index < -0.39 is 5.54 Å². The van der Waals surface area contributed by atoms with Crippen molar-refractivity contribution in [3.05, 3.63) is 54.4 Å². The fourth-order valence-corrected chi connectivity index (χ4v) is 2.45. The molecule has 5 heteroatoms. The van der Waals surface area contributed by atoms with Gasteiger partial charge in [-0.25, -0.2) is 0 Å². The molecule has 0 unspecified atom stereocenters. The maximum Gasteiger partial charge on any atom is 0.245 e. The lowest BCUT2D eigenvalue weighted by Crippen LogP contribution is -2.48. The van der Waals surface area contributed by atoms with E-state index in [9.17, 15) is 4.79 Å². The van der Waals surface area contributed by atoms with Crippen LogP contribution in [0.3, 0.4) is 0 Å². The molecular weight excluding hydrogens is 302 g/mol. The zero-order valence-electron chi connectivity index (χ0n) is 14.7. The molecule has 0 saturated heterocycles. The first-order valence-corrected chi connectivity index (χ1v) is 8.09. The molecule has 5 nitrogen and oxygen atoms in total. The highest BCUT2D eigenvalue weighted by Crippen LogP contribution is 2.21. The molecule has 2 aromatic rings. The summed E-state index contributed by atoms with van der Waals surface area (Å²) in [4.78, 5) is 16.7. The molecule has 0 bridgehead atoms. The van der Waals surface area contributed by atoms with Gasteiger partial charge in [0.15, 0.2) is 0 Å². The highest BCUT2D eigenvalue weighted by Gasteiger charge is 2.29. The summed E-state index contributed by atoms with van der Waals surface area (Å²) in [7, 11) is 1.63. The van der Waals surface area contributed by atoms with Crippen molar-refractivity contribution in [3.63, 3.8) is 0 Å². The first-order valence-electron chi connectivity index (χ1n) is 8.09. The smallest absolute Gasteiger partial charge is 0.245 e. The summed E-state index contributed by atoms with van der Waals surface area (Å²) >= 11 is 0. The monoisotopic (exact) mass is 327 g/mol. The van der Waals surface area contributed by atoms with Gasteiger partial charge in [0.1, 0.15) is 11.3 Å². The lowest BCUT2D eigenvalue weighted by atomic mass is 10.0. The van der Waals surface area contributed by atoms with E-state index in [1.165, 1.54) is 0 Å². The summed E-state index contributed by atoms with van der Waals surface area (Å²) in [6.07, 6.45) is 4.30. The summed E-state index contributed by atoms with van der Waals surface area (Å²) in [5, 5.41) is 6.38. The van der Waals surface area contributed by atoms with Crippen LogP contribution in [0.5, 0.6) is 5.75 Å². The van der Waals surface area contributed by atoms with Crippen LogP contribution in [0.25, 0.3) is 0 Å². The van der Waals surface area contributed by atoms with E-state index in [2.05, 4.69) is 22.5 Å². The molecule has 1 atom stereocenters. The van der Waals surface area contributed by atoms with Crippen molar-refractivity contribution in [2.45, 2.75) is 38.8 Å². The third-order valence-corrected chi connectivity index (χ3v) is 3.94. The van der Waals surface area contributed by atoms with E-state index in [1.54, 1.807) is 19.5 Å². The number of rotatable bonds is 7. The number of nitrogens with one attached hydrogen (secondary N) is 2. The quantitative estimate of drug-likeness (QED) is 0.816. The van der Waals surface area contributed by atoms with Crippen LogP contribution >= 0.6 is 0 Å². The molecule has 2 rings (SSSR count). The number of methoxy groups -OCH3 is 1. The molecule has 2 N–H and O–H groups in total. The summed E-state index contributed by atoms with van der Waals surface area (Å²) in [5.41, 5.74) is 1.18. The molecule has 0 aliphatic rings. The standard InChI is InChI=1S/C19H25N3O2/c1-5-17(14-10-12-20-13-11-14)21-18(23)19(2,3)22-15-6-8-16(24-4)9-7-15/h6-13,17,22H,5H2,1-4H3,(H,21,23)/t17-/m0/s1. The largest absolute Gasteiger partial charge is 0.497 e. The number of carbonyl (C=O) groups excluding carboxylic acids is 1. The number of pyridine rings is 1. The van der Waals surface area contributed by atoms with Gasteiger partial charge >= 0.3 is 0 Å². The Balaban J connectivity index is 2.05. The van der Waals surface area contributed by atoms with Gasteiger partial charge in [-0.05, 0) is 62.2 Å². The molecule has 0 spiro atoms. The van der Waals surface area contributed by atoms with Crippen molar-refractivity contribution in [1.29, 1.82) is 0 Å². The molecule has 1 heterocycles. The number of amides is 1. The first-order chi connectivity index (χ1) is 11.5. The maximum atomic E-state index is 12.7. The normalized spacial score (nSPS) is 12.3. The predicted molar refractivity (Wildman–Crippen MR) is 96.1 cm³/mol. The van der Waals surface area contributed by atoms with Crippen LogP contribution in [-0.4, -0.2) is 23.5 Å².